The van der Waals surface area contributed by atoms with Crippen LogP contribution in [-0.4, -0.2) is 84.5 Å². The molecule has 0 aromatic heterocycles. The van der Waals surface area contributed by atoms with Crippen molar-refractivity contribution in [2.75, 3.05) is 46.3 Å². The summed E-state index contributed by atoms with van der Waals surface area (Å²) < 4.78 is 0. The van der Waals surface area contributed by atoms with Gasteiger partial charge >= 0.3 is 0 Å². The van der Waals surface area contributed by atoms with Crippen LogP contribution in [0.2, 0.25) is 0 Å². The molecule has 5 heteroatoms. The van der Waals surface area contributed by atoms with Crippen molar-refractivity contribution >= 4 is 5.91 Å². The quantitative estimate of drug-likeness (QED) is 0.828. The number of amides is 1. The maximum atomic E-state index is 11.8. The van der Waals surface area contributed by atoms with E-state index in [2.05, 4.69) is 40.9 Å². The maximum Gasteiger partial charge on any atom is 0.220 e. The average Bonchev–Trinajstić information content (AvgIpc) is 2.73. The number of likely N-dealkylation sites (N-methyl/N-ethyl adjacent to an activating group) is 1. The van der Waals surface area contributed by atoms with E-state index in [0.29, 0.717) is 12.5 Å². The van der Waals surface area contributed by atoms with E-state index < -0.39 is 0 Å². The Morgan fingerprint density at radius 1 is 1.13 bits per heavy atom. The van der Waals surface area contributed by atoms with Gasteiger partial charge in [-0.2, -0.15) is 0 Å². The maximum absolute atomic E-state index is 11.8. The van der Waals surface area contributed by atoms with Gasteiger partial charge in [0.25, 0.3) is 0 Å². The van der Waals surface area contributed by atoms with Crippen molar-refractivity contribution in [1.29, 1.82) is 0 Å². The molecule has 3 aliphatic rings. The predicted molar refractivity (Wildman–Crippen MR) is 93.5 cm³/mol. The molecule has 1 atom stereocenters. The first-order chi connectivity index (χ1) is 11.0. The van der Waals surface area contributed by atoms with Gasteiger partial charge in [0.2, 0.25) is 5.91 Å². The molecule has 0 radical (unpaired) electrons. The van der Waals surface area contributed by atoms with Gasteiger partial charge in [0.05, 0.1) is 0 Å². The van der Waals surface area contributed by atoms with Crippen LogP contribution in [-0.2, 0) is 4.79 Å². The molecular formula is C18H34N4O. The molecular weight excluding hydrogens is 288 g/mol. The van der Waals surface area contributed by atoms with Gasteiger partial charge in [-0.25, -0.2) is 0 Å². The van der Waals surface area contributed by atoms with Crippen LogP contribution in [0, 0.1) is 0 Å². The van der Waals surface area contributed by atoms with Crippen LogP contribution >= 0.6 is 0 Å². The molecule has 3 aliphatic heterocycles. The summed E-state index contributed by atoms with van der Waals surface area (Å²) in [5, 5.41) is 3.06. The number of hydrogen-bond acceptors (Lipinski definition) is 4. The molecule has 0 aromatic rings. The van der Waals surface area contributed by atoms with Gasteiger partial charge < -0.3 is 10.2 Å². The Labute approximate surface area is 141 Å². The van der Waals surface area contributed by atoms with Crippen molar-refractivity contribution < 1.29 is 4.79 Å². The highest BCUT2D eigenvalue weighted by atomic mass is 16.1. The minimum Gasteiger partial charge on any atom is -0.356 e. The molecule has 132 valence electrons. The molecule has 0 aliphatic carbocycles. The number of hydrogen-bond donors (Lipinski definition) is 1. The Kier molecular flexibility index (Phi) is 5.29. The standard InChI is InChI=1S/C18H34N4O/c1-15(2)21-10-5-16(6-11-21)22-13-12-20(3)18(14-22)7-4-17(23)19-9-8-18/h15-16H,4-14H2,1-3H3,(H,19,23). The summed E-state index contributed by atoms with van der Waals surface area (Å²) in [6, 6.07) is 1.41. The molecule has 0 bridgehead atoms. The lowest BCUT2D eigenvalue weighted by atomic mass is 9.85. The molecule has 5 nitrogen and oxygen atoms in total. The molecule has 3 rings (SSSR count). The van der Waals surface area contributed by atoms with Crippen molar-refractivity contribution in [2.45, 2.75) is 63.6 Å². The lowest BCUT2D eigenvalue weighted by Crippen LogP contribution is -2.63. The first-order valence-corrected chi connectivity index (χ1v) is 9.46. The van der Waals surface area contributed by atoms with E-state index in [1.165, 1.54) is 32.5 Å². The molecule has 1 N–H and O–H groups in total. The fourth-order valence-electron chi connectivity index (χ4n) is 4.71. The van der Waals surface area contributed by atoms with Crippen molar-refractivity contribution in [3.8, 4) is 0 Å². The number of nitrogens with one attached hydrogen (secondary N) is 1. The smallest absolute Gasteiger partial charge is 0.220 e. The molecule has 23 heavy (non-hydrogen) atoms. The van der Waals surface area contributed by atoms with E-state index in [0.717, 1.165) is 38.5 Å². The van der Waals surface area contributed by atoms with Crippen molar-refractivity contribution in [1.82, 2.24) is 20.0 Å². The summed E-state index contributed by atoms with van der Waals surface area (Å²) in [4.78, 5) is 19.6. The number of piperazine rings is 1. The molecule has 1 spiro atoms. The zero-order valence-electron chi connectivity index (χ0n) is 15.2. The van der Waals surface area contributed by atoms with E-state index in [4.69, 9.17) is 0 Å². The second kappa shape index (κ2) is 7.08. The summed E-state index contributed by atoms with van der Waals surface area (Å²) in [5.41, 5.74) is 0.201. The van der Waals surface area contributed by atoms with Crippen molar-refractivity contribution in [3.05, 3.63) is 0 Å². The van der Waals surface area contributed by atoms with E-state index in [-0.39, 0.29) is 11.4 Å². The molecule has 0 aromatic carbocycles. The number of carbonyl (C=O) groups excluding carboxylic acids is 1. The van der Waals surface area contributed by atoms with Gasteiger partial charge in [0.15, 0.2) is 0 Å². The van der Waals surface area contributed by atoms with Crippen molar-refractivity contribution in [3.63, 3.8) is 0 Å². The number of piperidine rings is 1. The summed E-state index contributed by atoms with van der Waals surface area (Å²) in [6.45, 7) is 11.4. The minimum atomic E-state index is 0.201. The molecule has 0 saturated carbocycles. The van der Waals surface area contributed by atoms with Crippen LogP contribution in [0.15, 0.2) is 0 Å². The predicted octanol–water partition coefficient (Wildman–Crippen LogP) is 1.15. The number of likely N-dealkylation sites (tertiary alicyclic amines) is 1. The minimum absolute atomic E-state index is 0.201. The zero-order chi connectivity index (χ0) is 16.4. The van der Waals surface area contributed by atoms with Crippen LogP contribution in [0.4, 0.5) is 0 Å². The normalized spacial score (nSPS) is 33.1. The van der Waals surface area contributed by atoms with Crippen LogP contribution in [0.5, 0.6) is 0 Å². The Bertz CT molecular complexity index is 419. The van der Waals surface area contributed by atoms with E-state index >= 15 is 0 Å². The lowest BCUT2D eigenvalue weighted by Gasteiger charge is -2.52. The Hall–Kier alpha value is -0.650. The second-order valence-corrected chi connectivity index (χ2v) is 8.08. The van der Waals surface area contributed by atoms with Gasteiger partial charge in [-0.15, -0.1) is 0 Å². The molecule has 1 unspecified atom stereocenters. The van der Waals surface area contributed by atoms with Crippen molar-refractivity contribution in [2.24, 2.45) is 0 Å². The summed E-state index contributed by atoms with van der Waals surface area (Å²) >= 11 is 0. The van der Waals surface area contributed by atoms with E-state index in [1.807, 2.05) is 0 Å². The van der Waals surface area contributed by atoms with Gasteiger partial charge in [0.1, 0.15) is 0 Å². The highest BCUT2D eigenvalue weighted by molar-refractivity contribution is 5.76. The number of rotatable bonds is 2. The van der Waals surface area contributed by atoms with E-state index in [9.17, 15) is 4.79 Å². The Morgan fingerprint density at radius 2 is 1.87 bits per heavy atom. The molecule has 3 fully saturated rings. The van der Waals surface area contributed by atoms with Gasteiger partial charge in [-0.05, 0) is 59.7 Å². The fraction of sp³-hybridized carbons (Fsp3) is 0.944. The van der Waals surface area contributed by atoms with Crippen LogP contribution < -0.4 is 5.32 Å². The van der Waals surface area contributed by atoms with Crippen LogP contribution in [0.1, 0.15) is 46.0 Å². The Balaban J connectivity index is 1.63. The third-order valence-corrected chi connectivity index (χ3v) is 6.51. The third kappa shape index (κ3) is 3.72. The third-order valence-electron chi connectivity index (χ3n) is 6.51. The SMILES string of the molecule is CC(C)N1CCC(N2CCN(C)C3(CCNC(=O)CC3)C2)CC1. The first-order valence-electron chi connectivity index (χ1n) is 9.46. The first kappa shape index (κ1) is 17.2. The van der Waals surface area contributed by atoms with Crippen LogP contribution in [0.25, 0.3) is 0 Å². The summed E-state index contributed by atoms with van der Waals surface area (Å²) in [6.07, 6.45) is 5.39. The van der Waals surface area contributed by atoms with Gasteiger partial charge in [-0.1, -0.05) is 0 Å². The molecule has 1 amide bonds. The van der Waals surface area contributed by atoms with Gasteiger partial charge in [-0.3, -0.25) is 14.6 Å². The average molecular weight is 322 g/mol. The fourth-order valence-corrected chi connectivity index (χ4v) is 4.71. The second-order valence-electron chi connectivity index (χ2n) is 8.08. The summed E-state index contributed by atoms with van der Waals surface area (Å²) in [7, 11) is 2.26. The largest absolute Gasteiger partial charge is 0.356 e. The zero-order valence-corrected chi connectivity index (χ0v) is 15.2. The number of nitrogens with zero attached hydrogens (tertiary/aromatic N) is 3. The van der Waals surface area contributed by atoms with E-state index in [1.54, 1.807) is 0 Å². The summed E-state index contributed by atoms with van der Waals surface area (Å²) in [5.74, 6) is 0.234. The molecule has 3 heterocycles. The Morgan fingerprint density at radius 3 is 2.57 bits per heavy atom. The topological polar surface area (TPSA) is 38.8 Å². The lowest BCUT2D eigenvalue weighted by molar-refractivity contribution is -0.121. The van der Waals surface area contributed by atoms with Crippen LogP contribution in [0.3, 0.4) is 0 Å². The monoisotopic (exact) mass is 322 g/mol. The molecule has 3 saturated heterocycles. The van der Waals surface area contributed by atoms with Gasteiger partial charge in [0, 0.05) is 50.2 Å². The highest BCUT2D eigenvalue weighted by Gasteiger charge is 2.42. The highest BCUT2D eigenvalue weighted by Crippen LogP contribution is 2.32. The number of carbonyl (C=O) groups is 1.